The predicted octanol–water partition coefficient (Wildman–Crippen LogP) is 21.8. The van der Waals surface area contributed by atoms with Crippen LogP contribution >= 0.6 is 0 Å². The molecule has 12 aromatic rings. The highest BCUT2D eigenvalue weighted by Crippen LogP contribution is 2.53. The van der Waals surface area contributed by atoms with E-state index in [0.29, 0.717) is 0 Å². The van der Waals surface area contributed by atoms with Gasteiger partial charge in [-0.05, 0) is 215 Å². The zero-order valence-corrected chi connectivity index (χ0v) is 46.2. The van der Waals surface area contributed by atoms with Gasteiger partial charge >= 0.3 is 0 Å². The number of nitrogens with zero attached hydrogens (tertiary/aromatic N) is 4. The quantitative estimate of drug-likeness (QED) is 0.108. The Balaban J connectivity index is 0.812. The van der Waals surface area contributed by atoms with Crippen LogP contribution in [0.1, 0.15) is 36.1 Å². The molecular formula is C77H62N4. The topological polar surface area (TPSA) is 13.0 Å². The van der Waals surface area contributed by atoms with Crippen LogP contribution in [0.4, 0.5) is 68.2 Å². The number of benzene rings is 12. The number of aryl methyl sites for hydroxylation is 2. The van der Waals surface area contributed by atoms with Crippen LogP contribution in [0.15, 0.2) is 303 Å². The molecule has 1 aliphatic carbocycles. The van der Waals surface area contributed by atoms with Gasteiger partial charge in [0.25, 0.3) is 0 Å². The van der Waals surface area contributed by atoms with Gasteiger partial charge in [-0.1, -0.05) is 172 Å². The summed E-state index contributed by atoms with van der Waals surface area (Å²) in [5.74, 6) is 0. The number of hydrogen-bond acceptors (Lipinski definition) is 4. The molecule has 0 bridgehead atoms. The minimum atomic E-state index is -0.264. The van der Waals surface area contributed by atoms with E-state index in [4.69, 9.17) is 0 Å². The molecule has 0 aliphatic heterocycles. The Hall–Kier alpha value is -10.2. The van der Waals surface area contributed by atoms with Gasteiger partial charge in [-0.3, -0.25) is 0 Å². The number of hydrogen-bond donors (Lipinski definition) is 0. The van der Waals surface area contributed by atoms with E-state index in [9.17, 15) is 0 Å². The summed E-state index contributed by atoms with van der Waals surface area (Å²) in [5, 5.41) is 0. The van der Waals surface area contributed by atoms with Crippen molar-refractivity contribution >= 4 is 68.2 Å². The van der Waals surface area contributed by atoms with Crippen LogP contribution in [0.5, 0.6) is 0 Å². The highest BCUT2D eigenvalue weighted by atomic mass is 15.2. The minimum absolute atomic E-state index is 0.264. The second-order valence-corrected chi connectivity index (χ2v) is 21.6. The summed E-state index contributed by atoms with van der Waals surface area (Å²) in [6.45, 7) is 9.06. The van der Waals surface area contributed by atoms with E-state index in [1.165, 1.54) is 33.4 Å². The second-order valence-electron chi connectivity index (χ2n) is 21.6. The molecule has 0 radical (unpaired) electrons. The monoisotopic (exact) mass is 1040 g/mol. The molecule has 390 valence electrons. The maximum atomic E-state index is 2.43. The Morgan fingerprint density at radius 2 is 0.469 bits per heavy atom. The predicted molar refractivity (Wildman–Crippen MR) is 343 cm³/mol. The summed E-state index contributed by atoms with van der Waals surface area (Å²) in [5.41, 5.74) is 25.3. The fraction of sp³-hybridized carbons (Fsp3) is 0.0649. The van der Waals surface area contributed by atoms with Gasteiger partial charge in [0.2, 0.25) is 0 Å². The first-order valence-corrected chi connectivity index (χ1v) is 28.0. The molecule has 0 aromatic heterocycles. The smallest absolute Gasteiger partial charge is 0.0467 e. The normalized spacial score (nSPS) is 12.0. The molecule has 0 spiro atoms. The molecule has 4 nitrogen and oxygen atoms in total. The third kappa shape index (κ3) is 9.94. The summed E-state index contributed by atoms with van der Waals surface area (Å²) in [6.07, 6.45) is 0. The zero-order chi connectivity index (χ0) is 54.9. The van der Waals surface area contributed by atoms with E-state index < -0.39 is 0 Å². The van der Waals surface area contributed by atoms with Crippen molar-refractivity contribution in [1.29, 1.82) is 0 Å². The molecular weight excluding hydrogens is 981 g/mol. The lowest BCUT2D eigenvalue weighted by Crippen LogP contribution is -2.17. The molecule has 0 N–H and O–H groups in total. The van der Waals surface area contributed by atoms with E-state index in [-0.39, 0.29) is 5.41 Å². The molecule has 1 aliphatic rings. The van der Waals surface area contributed by atoms with Gasteiger partial charge in [-0.15, -0.1) is 0 Å². The lowest BCUT2D eigenvalue weighted by molar-refractivity contribution is 0.660. The standard InChI is InChI=1S/C77H62N4/c1-55-21-17-33-67(49-55)78(61-25-9-5-10-26-61)65-41-37-57(38-42-65)58-39-43-66(44-40-58)79(62-27-11-6-12-28-62)69-35-19-23-59(51-69)60-24-20-36-70(52-60)81(64-31-15-8-16-32-64)72-46-48-74-73-47-45-71(53-75(73)77(3,4)76(74)54-72)80(63-29-13-7-14-30-63)68-34-18-22-56(2)50-68/h5-54H,1-4H3. The molecule has 0 amide bonds. The van der Waals surface area contributed by atoms with Crippen molar-refractivity contribution in [3.63, 3.8) is 0 Å². The Bertz CT molecular complexity index is 4160. The zero-order valence-electron chi connectivity index (χ0n) is 46.2. The summed E-state index contributed by atoms with van der Waals surface area (Å²) in [4.78, 5) is 9.45. The third-order valence-electron chi connectivity index (χ3n) is 15.9. The maximum absolute atomic E-state index is 2.43. The molecule has 0 saturated heterocycles. The largest absolute Gasteiger partial charge is 0.310 e. The highest BCUT2D eigenvalue weighted by molar-refractivity contribution is 5.90. The molecule has 0 atom stereocenters. The maximum Gasteiger partial charge on any atom is 0.0467 e. The summed E-state index contributed by atoms with van der Waals surface area (Å²) >= 11 is 0. The van der Waals surface area contributed by atoms with Crippen LogP contribution in [0, 0.1) is 13.8 Å². The van der Waals surface area contributed by atoms with Gasteiger partial charge in [0.05, 0.1) is 0 Å². The van der Waals surface area contributed by atoms with Crippen molar-refractivity contribution in [3.05, 3.63) is 326 Å². The van der Waals surface area contributed by atoms with E-state index >= 15 is 0 Å². The van der Waals surface area contributed by atoms with Crippen molar-refractivity contribution in [1.82, 2.24) is 0 Å². The second kappa shape index (κ2) is 21.6. The van der Waals surface area contributed by atoms with Crippen molar-refractivity contribution in [3.8, 4) is 33.4 Å². The first-order valence-electron chi connectivity index (χ1n) is 28.0. The Morgan fingerprint density at radius 3 is 0.802 bits per heavy atom. The molecule has 0 heterocycles. The minimum Gasteiger partial charge on any atom is -0.310 e. The first kappa shape index (κ1) is 50.4. The van der Waals surface area contributed by atoms with E-state index in [1.807, 2.05) is 0 Å². The molecule has 81 heavy (non-hydrogen) atoms. The third-order valence-corrected chi connectivity index (χ3v) is 15.9. The van der Waals surface area contributed by atoms with E-state index in [2.05, 4.69) is 351 Å². The number of fused-ring (bicyclic) bond motifs is 3. The van der Waals surface area contributed by atoms with Crippen LogP contribution in [0.3, 0.4) is 0 Å². The lowest BCUT2D eigenvalue weighted by atomic mass is 9.82. The molecule has 13 rings (SSSR count). The molecule has 12 aromatic carbocycles. The van der Waals surface area contributed by atoms with Crippen molar-refractivity contribution in [2.24, 2.45) is 0 Å². The van der Waals surface area contributed by atoms with Gasteiger partial charge < -0.3 is 19.6 Å². The van der Waals surface area contributed by atoms with Crippen molar-refractivity contribution in [2.75, 3.05) is 19.6 Å². The van der Waals surface area contributed by atoms with E-state index in [1.54, 1.807) is 0 Å². The fourth-order valence-corrected chi connectivity index (χ4v) is 11.9. The van der Waals surface area contributed by atoms with Gasteiger partial charge in [0.1, 0.15) is 0 Å². The molecule has 0 fully saturated rings. The van der Waals surface area contributed by atoms with Crippen LogP contribution in [0.25, 0.3) is 33.4 Å². The van der Waals surface area contributed by atoms with Crippen LogP contribution in [-0.4, -0.2) is 0 Å². The Morgan fingerprint density at radius 1 is 0.210 bits per heavy atom. The first-order chi connectivity index (χ1) is 39.7. The van der Waals surface area contributed by atoms with Gasteiger partial charge in [0.15, 0.2) is 0 Å². The van der Waals surface area contributed by atoms with Crippen molar-refractivity contribution < 1.29 is 0 Å². The fourth-order valence-electron chi connectivity index (χ4n) is 11.9. The SMILES string of the molecule is Cc1cccc(N(c2ccccc2)c2ccc(-c3ccc(N(c4ccccc4)c4cccc(-c5cccc(N(c6ccccc6)c6ccc7c(c6)C(C)(C)c6cc(N(c8ccccc8)c8cccc(C)c8)ccc6-7)c5)c4)cc3)cc2)c1. The van der Waals surface area contributed by atoms with Crippen LogP contribution in [0.2, 0.25) is 0 Å². The summed E-state index contributed by atoms with van der Waals surface area (Å²) < 4.78 is 0. The molecule has 0 saturated carbocycles. The average molecular weight is 1040 g/mol. The number of rotatable bonds is 14. The van der Waals surface area contributed by atoms with Gasteiger partial charge in [-0.25, -0.2) is 0 Å². The highest BCUT2D eigenvalue weighted by Gasteiger charge is 2.37. The Labute approximate surface area is 477 Å². The molecule has 0 unspecified atom stereocenters. The molecule has 4 heteroatoms. The number of para-hydroxylation sites is 4. The summed E-state index contributed by atoms with van der Waals surface area (Å²) in [7, 11) is 0. The van der Waals surface area contributed by atoms with Crippen LogP contribution in [-0.2, 0) is 5.41 Å². The van der Waals surface area contributed by atoms with E-state index in [0.717, 1.165) is 90.5 Å². The number of anilines is 12. The van der Waals surface area contributed by atoms with Crippen LogP contribution < -0.4 is 19.6 Å². The van der Waals surface area contributed by atoms with Gasteiger partial charge in [0, 0.05) is 73.7 Å². The average Bonchev–Trinajstić information content (AvgIpc) is 3.94. The summed E-state index contributed by atoms with van der Waals surface area (Å²) in [6, 6.07) is 110. The van der Waals surface area contributed by atoms with Crippen molar-refractivity contribution in [2.45, 2.75) is 33.1 Å². The Kier molecular flexibility index (Phi) is 13.4. The van der Waals surface area contributed by atoms with Gasteiger partial charge in [-0.2, -0.15) is 0 Å². The lowest BCUT2D eigenvalue weighted by Gasteiger charge is -2.29.